The molecule has 2 aromatic rings. The SMILES string of the molecule is O=C1CSC(c2ccccc2Cl)c2ccccc2N1Cl. The van der Waals surface area contributed by atoms with Crippen LogP contribution in [0.3, 0.4) is 0 Å². The number of amides is 1. The van der Waals surface area contributed by atoms with E-state index in [1.54, 1.807) is 11.8 Å². The number of para-hydroxylation sites is 1. The standard InChI is InChI=1S/C15H11Cl2NOS/c16-12-7-3-1-5-10(12)15-11-6-2-4-8-13(11)18(17)14(19)9-20-15/h1-8,15H,9H2. The lowest BCUT2D eigenvalue weighted by atomic mass is 10.0. The van der Waals surface area contributed by atoms with Gasteiger partial charge in [-0.1, -0.05) is 48.0 Å². The van der Waals surface area contributed by atoms with Gasteiger partial charge in [0.2, 0.25) is 0 Å². The molecule has 1 unspecified atom stereocenters. The molecule has 0 aliphatic carbocycles. The first kappa shape index (κ1) is 13.8. The van der Waals surface area contributed by atoms with Crippen LogP contribution in [0.1, 0.15) is 16.4 Å². The second-order valence-electron chi connectivity index (χ2n) is 4.45. The maximum Gasteiger partial charge on any atom is 0.251 e. The molecule has 0 saturated carbocycles. The predicted molar refractivity (Wildman–Crippen MR) is 85.5 cm³/mol. The summed E-state index contributed by atoms with van der Waals surface area (Å²) >= 11 is 14.0. The number of halogens is 2. The van der Waals surface area contributed by atoms with Crippen molar-refractivity contribution >= 4 is 46.7 Å². The first-order chi connectivity index (χ1) is 9.68. The van der Waals surface area contributed by atoms with Crippen molar-refractivity contribution in [2.24, 2.45) is 0 Å². The van der Waals surface area contributed by atoms with Gasteiger partial charge in [-0.05, 0) is 23.3 Å². The third kappa shape index (κ3) is 2.41. The van der Waals surface area contributed by atoms with Crippen molar-refractivity contribution < 1.29 is 4.79 Å². The van der Waals surface area contributed by atoms with Gasteiger partial charge >= 0.3 is 0 Å². The molecule has 1 amide bonds. The number of nitrogens with zero attached hydrogens (tertiary/aromatic N) is 1. The molecule has 0 saturated heterocycles. The van der Waals surface area contributed by atoms with Crippen LogP contribution in [-0.2, 0) is 4.79 Å². The van der Waals surface area contributed by atoms with E-state index in [0.717, 1.165) is 16.8 Å². The largest absolute Gasteiger partial charge is 0.272 e. The summed E-state index contributed by atoms with van der Waals surface area (Å²) in [7, 11) is 0. The lowest BCUT2D eigenvalue weighted by Crippen LogP contribution is -2.21. The van der Waals surface area contributed by atoms with Crippen LogP contribution in [0.15, 0.2) is 48.5 Å². The Morgan fingerprint density at radius 1 is 1.05 bits per heavy atom. The summed E-state index contributed by atoms with van der Waals surface area (Å²) in [6, 6.07) is 15.4. The van der Waals surface area contributed by atoms with Crippen LogP contribution in [-0.4, -0.2) is 11.7 Å². The maximum atomic E-state index is 12.0. The molecule has 102 valence electrons. The molecule has 0 aromatic heterocycles. The summed E-state index contributed by atoms with van der Waals surface area (Å²) in [4.78, 5) is 12.0. The van der Waals surface area contributed by atoms with Crippen molar-refractivity contribution in [1.29, 1.82) is 0 Å². The predicted octanol–water partition coefficient (Wildman–Crippen LogP) is 4.66. The molecule has 3 rings (SSSR count). The third-order valence-electron chi connectivity index (χ3n) is 3.21. The topological polar surface area (TPSA) is 20.3 Å². The number of hydrogen-bond donors (Lipinski definition) is 0. The van der Waals surface area contributed by atoms with E-state index in [4.69, 9.17) is 23.4 Å². The van der Waals surface area contributed by atoms with Crippen molar-refractivity contribution in [3.05, 3.63) is 64.7 Å². The van der Waals surface area contributed by atoms with Crippen molar-refractivity contribution in [1.82, 2.24) is 0 Å². The van der Waals surface area contributed by atoms with E-state index in [0.29, 0.717) is 10.8 Å². The minimum absolute atomic E-state index is 0.00704. The maximum absolute atomic E-state index is 12.0. The fraction of sp³-hybridized carbons (Fsp3) is 0.133. The average Bonchev–Trinajstić information content (AvgIpc) is 2.59. The van der Waals surface area contributed by atoms with E-state index in [9.17, 15) is 4.79 Å². The van der Waals surface area contributed by atoms with Gasteiger partial charge in [-0.15, -0.1) is 11.8 Å². The lowest BCUT2D eigenvalue weighted by Gasteiger charge is -2.19. The van der Waals surface area contributed by atoms with E-state index in [-0.39, 0.29) is 11.2 Å². The number of carbonyl (C=O) groups excluding carboxylic acids is 1. The molecular weight excluding hydrogens is 313 g/mol. The van der Waals surface area contributed by atoms with Gasteiger partial charge in [0.05, 0.1) is 16.7 Å². The van der Waals surface area contributed by atoms with Crippen molar-refractivity contribution in [2.75, 3.05) is 10.2 Å². The van der Waals surface area contributed by atoms with Gasteiger partial charge in [-0.3, -0.25) is 4.79 Å². The Kier molecular flexibility index (Phi) is 3.92. The Labute approximate surface area is 131 Å². The fourth-order valence-electron chi connectivity index (χ4n) is 2.27. The van der Waals surface area contributed by atoms with E-state index in [1.807, 2.05) is 48.5 Å². The lowest BCUT2D eigenvalue weighted by molar-refractivity contribution is -0.115. The molecule has 1 heterocycles. The second kappa shape index (κ2) is 5.68. The first-order valence-corrected chi connectivity index (χ1v) is 7.88. The van der Waals surface area contributed by atoms with Crippen LogP contribution >= 0.6 is 35.1 Å². The van der Waals surface area contributed by atoms with E-state index in [1.165, 1.54) is 4.42 Å². The molecule has 5 heteroatoms. The molecule has 0 spiro atoms. The molecule has 2 nitrogen and oxygen atoms in total. The fourth-order valence-corrected chi connectivity index (χ4v) is 4.06. The highest BCUT2D eigenvalue weighted by Crippen LogP contribution is 2.45. The van der Waals surface area contributed by atoms with Crippen LogP contribution < -0.4 is 4.42 Å². The number of thioether (sulfide) groups is 1. The summed E-state index contributed by atoms with van der Waals surface area (Å²) in [6.45, 7) is 0. The second-order valence-corrected chi connectivity index (χ2v) is 6.28. The van der Waals surface area contributed by atoms with Crippen molar-refractivity contribution in [2.45, 2.75) is 5.25 Å². The molecule has 0 fully saturated rings. The summed E-state index contributed by atoms with van der Waals surface area (Å²) in [5.74, 6) is 0.215. The summed E-state index contributed by atoms with van der Waals surface area (Å²) < 4.78 is 1.21. The Balaban J connectivity index is 2.15. The smallest absolute Gasteiger partial charge is 0.251 e. The van der Waals surface area contributed by atoms with Crippen LogP contribution in [0.4, 0.5) is 5.69 Å². The molecule has 1 atom stereocenters. The zero-order valence-electron chi connectivity index (χ0n) is 10.4. The zero-order chi connectivity index (χ0) is 14.1. The van der Waals surface area contributed by atoms with Crippen molar-refractivity contribution in [3.63, 3.8) is 0 Å². The highest BCUT2D eigenvalue weighted by atomic mass is 35.5. The van der Waals surface area contributed by atoms with Gasteiger partial charge in [-0.25, -0.2) is 4.42 Å². The number of anilines is 1. The average molecular weight is 324 g/mol. The summed E-state index contributed by atoms with van der Waals surface area (Å²) in [5, 5.41) is 0.711. The highest BCUT2D eigenvalue weighted by molar-refractivity contribution is 8.00. The molecule has 0 bridgehead atoms. The van der Waals surface area contributed by atoms with Gasteiger partial charge in [-0.2, -0.15) is 0 Å². The number of benzene rings is 2. The van der Waals surface area contributed by atoms with E-state index < -0.39 is 0 Å². The molecule has 0 radical (unpaired) electrons. The Morgan fingerprint density at radius 2 is 1.70 bits per heavy atom. The van der Waals surface area contributed by atoms with Gasteiger partial charge in [0, 0.05) is 16.8 Å². The first-order valence-electron chi connectivity index (χ1n) is 6.12. The van der Waals surface area contributed by atoms with Crippen molar-refractivity contribution in [3.8, 4) is 0 Å². The van der Waals surface area contributed by atoms with Gasteiger partial charge < -0.3 is 0 Å². The van der Waals surface area contributed by atoms with Gasteiger partial charge in [0.15, 0.2) is 0 Å². The molecule has 1 aliphatic heterocycles. The number of rotatable bonds is 1. The Morgan fingerprint density at radius 3 is 2.45 bits per heavy atom. The molecule has 1 aliphatic rings. The number of carbonyl (C=O) groups is 1. The van der Waals surface area contributed by atoms with Crippen LogP contribution in [0.25, 0.3) is 0 Å². The summed E-state index contributed by atoms with van der Waals surface area (Å²) in [5.41, 5.74) is 2.74. The molecular formula is C15H11Cl2NOS. The molecule has 20 heavy (non-hydrogen) atoms. The highest BCUT2D eigenvalue weighted by Gasteiger charge is 2.29. The molecule has 2 aromatic carbocycles. The van der Waals surface area contributed by atoms with Crippen LogP contribution in [0, 0.1) is 0 Å². The monoisotopic (exact) mass is 323 g/mol. The van der Waals surface area contributed by atoms with Crippen LogP contribution in [0.5, 0.6) is 0 Å². The number of fused-ring (bicyclic) bond motifs is 1. The normalized spacial score (nSPS) is 18.6. The molecule has 0 N–H and O–H groups in total. The summed E-state index contributed by atoms with van der Waals surface area (Å²) in [6.07, 6.45) is 0. The van der Waals surface area contributed by atoms with E-state index >= 15 is 0 Å². The Bertz CT molecular complexity index is 662. The minimum atomic E-state index is -0.112. The third-order valence-corrected chi connectivity index (χ3v) is 5.18. The van der Waals surface area contributed by atoms with Gasteiger partial charge in [0.1, 0.15) is 0 Å². The van der Waals surface area contributed by atoms with Gasteiger partial charge in [0.25, 0.3) is 5.91 Å². The number of hydrogen-bond acceptors (Lipinski definition) is 2. The van der Waals surface area contributed by atoms with E-state index in [2.05, 4.69) is 0 Å². The zero-order valence-corrected chi connectivity index (χ0v) is 12.8. The minimum Gasteiger partial charge on any atom is -0.272 e. The van der Waals surface area contributed by atoms with Crippen LogP contribution in [0.2, 0.25) is 5.02 Å². The quantitative estimate of drug-likeness (QED) is 0.711. The Hall–Kier alpha value is -1.16.